The molecule has 3 aromatic rings. The number of carbonyl (C=O) groups excluding carboxylic acids is 2. The van der Waals surface area contributed by atoms with Crippen molar-refractivity contribution in [2.45, 2.75) is 36.4 Å². The molecule has 0 unspecified atom stereocenters. The highest BCUT2D eigenvalue weighted by Crippen LogP contribution is 2.26. The lowest BCUT2D eigenvalue weighted by atomic mass is 10.1. The number of anilines is 1. The quantitative estimate of drug-likeness (QED) is 0.539. The highest BCUT2D eigenvalue weighted by Gasteiger charge is 2.21. The van der Waals surface area contributed by atoms with E-state index in [1.807, 2.05) is 60.4 Å². The first-order chi connectivity index (χ1) is 14.6. The maximum Gasteiger partial charge on any atom is 0.251 e. The lowest BCUT2D eigenvalue weighted by molar-refractivity contribution is -0.117. The number of nitrogens with one attached hydrogen (secondary N) is 1. The molecule has 0 saturated carbocycles. The van der Waals surface area contributed by atoms with Gasteiger partial charge in [-0.05, 0) is 48.7 Å². The fourth-order valence-electron chi connectivity index (χ4n) is 3.30. The fraction of sp³-hybridized carbons (Fsp3) is 0.261. The van der Waals surface area contributed by atoms with E-state index in [0.717, 1.165) is 45.6 Å². The van der Waals surface area contributed by atoms with Crippen molar-refractivity contribution in [3.63, 3.8) is 0 Å². The highest BCUT2D eigenvalue weighted by molar-refractivity contribution is 8.00. The Bertz CT molecular complexity index is 1030. The van der Waals surface area contributed by atoms with Crippen LogP contribution in [0.2, 0.25) is 0 Å². The topological polar surface area (TPSA) is 62.3 Å². The van der Waals surface area contributed by atoms with Crippen molar-refractivity contribution in [1.82, 2.24) is 10.3 Å². The third kappa shape index (κ3) is 5.09. The maximum absolute atomic E-state index is 12.5. The molecule has 1 fully saturated rings. The van der Waals surface area contributed by atoms with Gasteiger partial charge in [-0.2, -0.15) is 0 Å². The zero-order chi connectivity index (χ0) is 20.9. The van der Waals surface area contributed by atoms with Crippen LogP contribution in [0.3, 0.4) is 0 Å². The number of benzene rings is 2. The number of nitrogens with zero attached hydrogens (tertiary/aromatic N) is 2. The molecule has 1 saturated heterocycles. The van der Waals surface area contributed by atoms with E-state index < -0.39 is 0 Å². The third-order valence-electron chi connectivity index (χ3n) is 4.95. The second-order valence-electron chi connectivity index (χ2n) is 7.24. The Morgan fingerprint density at radius 3 is 2.50 bits per heavy atom. The largest absolute Gasteiger partial charge is 0.348 e. The van der Waals surface area contributed by atoms with Gasteiger partial charge in [-0.3, -0.25) is 9.59 Å². The molecule has 1 aromatic heterocycles. The van der Waals surface area contributed by atoms with Crippen LogP contribution in [-0.4, -0.2) is 23.3 Å². The van der Waals surface area contributed by atoms with Gasteiger partial charge in [0, 0.05) is 47.6 Å². The first-order valence-corrected chi connectivity index (χ1v) is 11.8. The Kier molecular flexibility index (Phi) is 6.50. The summed E-state index contributed by atoms with van der Waals surface area (Å²) in [7, 11) is 0. The van der Waals surface area contributed by atoms with E-state index in [0.29, 0.717) is 18.5 Å². The van der Waals surface area contributed by atoms with Crippen LogP contribution in [0.4, 0.5) is 5.69 Å². The van der Waals surface area contributed by atoms with E-state index in [9.17, 15) is 9.59 Å². The zero-order valence-electron chi connectivity index (χ0n) is 16.8. The van der Waals surface area contributed by atoms with Gasteiger partial charge >= 0.3 is 0 Å². The normalized spacial score (nSPS) is 13.6. The molecule has 30 heavy (non-hydrogen) atoms. The predicted octanol–water partition coefficient (Wildman–Crippen LogP) is 4.80. The van der Waals surface area contributed by atoms with Crippen molar-refractivity contribution < 1.29 is 9.59 Å². The van der Waals surface area contributed by atoms with Crippen molar-refractivity contribution in [2.75, 3.05) is 11.4 Å². The number of aromatic nitrogens is 1. The summed E-state index contributed by atoms with van der Waals surface area (Å²) in [5.41, 5.74) is 4.79. The number of carbonyl (C=O) groups is 2. The van der Waals surface area contributed by atoms with Gasteiger partial charge in [0.15, 0.2) is 0 Å². The van der Waals surface area contributed by atoms with Crippen molar-refractivity contribution >= 4 is 40.6 Å². The molecule has 1 N–H and O–H groups in total. The Balaban J connectivity index is 1.28. The molecule has 0 atom stereocenters. The summed E-state index contributed by atoms with van der Waals surface area (Å²) in [6.45, 7) is 3.23. The predicted molar refractivity (Wildman–Crippen MR) is 122 cm³/mol. The number of thiazole rings is 1. The molecule has 5 nitrogen and oxygen atoms in total. The van der Waals surface area contributed by atoms with E-state index in [4.69, 9.17) is 0 Å². The minimum atomic E-state index is -0.0939. The standard InChI is InChI=1S/C23H23N3O2S2/c1-16-14-29-23(25-16)30-15-18-4-8-19(9-5-18)22(28)24-13-17-6-10-20(11-7-17)26-12-2-3-21(26)27/h4-11,14H,2-3,12-13,15H2,1H3,(H,24,28). The molecule has 0 bridgehead atoms. The van der Waals surface area contributed by atoms with E-state index in [1.54, 1.807) is 23.1 Å². The van der Waals surface area contributed by atoms with E-state index in [2.05, 4.69) is 15.7 Å². The Labute approximate surface area is 184 Å². The molecule has 0 radical (unpaired) electrons. The third-order valence-corrected chi connectivity index (χ3v) is 7.16. The fourth-order valence-corrected chi connectivity index (χ4v) is 5.10. The van der Waals surface area contributed by atoms with Crippen LogP contribution >= 0.6 is 23.1 Å². The van der Waals surface area contributed by atoms with Crippen LogP contribution < -0.4 is 10.2 Å². The van der Waals surface area contributed by atoms with Crippen LogP contribution in [0.25, 0.3) is 0 Å². The van der Waals surface area contributed by atoms with Crippen LogP contribution in [0, 0.1) is 6.92 Å². The van der Waals surface area contributed by atoms with Gasteiger partial charge in [-0.15, -0.1) is 11.3 Å². The molecule has 1 aliphatic heterocycles. The van der Waals surface area contributed by atoms with Gasteiger partial charge in [0.2, 0.25) is 5.91 Å². The monoisotopic (exact) mass is 437 g/mol. The summed E-state index contributed by atoms with van der Waals surface area (Å²) in [6, 6.07) is 15.5. The molecular weight excluding hydrogens is 414 g/mol. The molecule has 2 heterocycles. The van der Waals surface area contributed by atoms with Crippen molar-refractivity contribution in [1.29, 1.82) is 0 Å². The van der Waals surface area contributed by atoms with Crippen LogP contribution in [0.1, 0.15) is 40.0 Å². The summed E-state index contributed by atoms with van der Waals surface area (Å²) in [4.78, 5) is 30.6. The molecule has 7 heteroatoms. The van der Waals surface area contributed by atoms with E-state index in [-0.39, 0.29) is 11.8 Å². The first kappa shape index (κ1) is 20.6. The van der Waals surface area contributed by atoms with Crippen molar-refractivity contribution in [3.8, 4) is 0 Å². The average Bonchev–Trinajstić information content (AvgIpc) is 3.39. The Morgan fingerprint density at radius 1 is 1.13 bits per heavy atom. The Morgan fingerprint density at radius 2 is 1.87 bits per heavy atom. The number of amides is 2. The molecule has 2 amide bonds. The van der Waals surface area contributed by atoms with E-state index >= 15 is 0 Å². The molecule has 1 aliphatic rings. The Hall–Kier alpha value is -2.64. The molecule has 4 rings (SSSR count). The summed E-state index contributed by atoms with van der Waals surface area (Å²) in [5, 5.41) is 5.01. The number of hydrogen-bond donors (Lipinski definition) is 1. The van der Waals surface area contributed by atoms with E-state index in [1.165, 1.54) is 0 Å². The number of thioether (sulfide) groups is 1. The maximum atomic E-state index is 12.5. The molecule has 154 valence electrons. The summed E-state index contributed by atoms with van der Waals surface area (Å²) in [5.74, 6) is 0.920. The molecule has 0 aliphatic carbocycles. The van der Waals surface area contributed by atoms with Gasteiger partial charge in [0.05, 0.1) is 0 Å². The van der Waals surface area contributed by atoms with Gasteiger partial charge in [0.1, 0.15) is 4.34 Å². The average molecular weight is 438 g/mol. The minimum Gasteiger partial charge on any atom is -0.348 e. The first-order valence-electron chi connectivity index (χ1n) is 9.90. The van der Waals surface area contributed by atoms with Gasteiger partial charge < -0.3 is 10.2 Å². The van der Waals surface area contributed by atoms with Gasteiger partial charge in [-0.1, -0.05) is 36.0 Å². The molecule has 0 spiro atoms. The SMILES string of the molecule is Cc1csc(SCc2ccc(C(=O)NCc3ccc(N4CCCC4=O)cc3)cc2)n1. The lowest BCUT2D eigenvalue weighted by Gasteiger charge is -2.16. The van der Waals surface area contributed by atoms with Crippen LogP contribution in [0.5, 0.6) is 0 Å². The second-order valence-corrected chi connectivity index (χ2v) is 9.32. The second kappa shape index (κ2) is 9.45. The summed E-state index contributed by atoms with van der Waals surface area (Å²) < 4.78 is 1.06. The smallest absolute Gasteiger partial charge is 0.251 e. The number of rotatable bonds is 7. The van der Waals surface area contributed by atoms with Crippen LogP contribution in [-0.2, 0) is 17.1 Å². The summed E-state index contributed by atoms with van der Waals surface area (Å²) in [6.07, 6.45) is 1.54. The highest BCUT2D eigenvalue weighted by atomic mass is 32.2. The van der Waals surface area contributed by atoms with Crippen LogP contribution in [0.15, 0.2) is 58.3 Å². The summed E-state index contributed by atoms with van der Waals surface area (Å²) >= 11 is 3.37. The van der Waals surface area contributed by atoms with Gasteiger partial charge in [-0.25, -0.2) is 4.98 Å². The zero-order valence-corrected chi connectivity index (χ0v) is 18.4. The molecule has 2 aromatic carbocycles. The number of hydrogen-bond acceptors (Lipinski definition) is 5. The van der Waals surface area contributed by atoms with Crippen molar-refractivity contribution in [3.05, 3.63) is 76.3 Å². The van der Waals surface area contributed by atoms with Crippen molar-refractivity contribution in [2.24, 2.45) is 0 Å². The minimum absolute atomic E-state index is 0.0939. The lowest BCUT2D eigenvalue weighted by Crippen LogP contribution is -2.24. The number of aryl methyl sites for hydroxylation is 1. The van der Waals surface area contributed by atoms with Gasteiger partial charge in [0.25, 0.3) is 5.91 Å². The molecular formula is C23H23N3O2S2.